The van der Waals surface area contributed by atoms with Gasteiger partial charge in [-0.1, -0.05) is 23.8 Å². The molecule has 0 spiro atoms. The topological polar surface area (TPSA) is 20.2 Å². The van der Waals surface area contributed by atoms with Crippen LogP contribution in [-0.2, 0) is 17.0 Å². The van der Waals surface area contributed by atoms with Gasteiger partial charge < -0.3 is 11.0 Å². The molecule has 0 amide bonds. The van der Waals surface area contributed by atoms with Crippen molar-refractivity contribution in [3.8, 4) is 0 Å². The van der Waals surface area contributed by atoms with Crippen molar-refractivity contribution in [2.24, 2.45) is 0 Å². The molecule has 2 rings (SSSR count). The molecule has 1 aromatic rings. The number of benzene rings is 1. The molecule has 1 aliphatic carbocycles. The molecule has 0 aromatic heterocycles. The van der Waals surface area contributed by atoms with Gasteiger partial charge in [0.15, 0.2) is 0 Å². The average Bonchev–Trinajstić information content (AvgIpc) is 2.89. The predicted octanol–water partition coefficient (Wildman–Crippen LogP) is 5.69. The van der Waals surface area contributed by atoms with Gasteiger partial charge in [-0.2, -0.15) is 56.7 Å². The Balaban J connectivity index is 0. The summed E-state index contributed by atoms with van der Waals surface area (Å²) in [6.07, 6.45) is 6.62. The minimum absolute atomic E-state index is 0.450. The Bertz CT molecular complexity index is 386. The minimum atomic E-state index is -0.556. The summed E-state index contributed by atoms with van der Waals surface area (Å²) >= 11 is -0.556. The third kappa shape index (κ3) is 14.6. The van der Waals surface area contributed by atoms with Gasteiger partial charge in [0.1, 0.15) is 0 Å². The quantitative estimate of drug-likeness (QED) is 0.502. The number of aliphatic hydroxyl groups is 1. The van der Waals surface area contributed by atoms with E-state index >= 15 is 0 Å². The second kappa shape index (κ2) is 16.3. The normalized spacial score (nSPS) is 14.7. The molecule has 0 bridgehead atoms. The predicted molar refractivity (Wildman–Crippen MR) is 91.0 cm³/mol. The van der Waals surface area contributed by atoms with E-state index in [2.05, 4.69) is 64.1 Å². The molecule has 0 aliphatic heterocycles. The molecule has 0 fully saturated rings. The fourth-order valence-electron chi connectivity index (χ4n) is 1.46. The molecule has 1 aromatic carbocycles. The van der Waals surface area contributed by atoms with E-state index in [0.29, 0.717) is 5.92 Å². The molecule has 4 heteroatoms. The number of hydrogen-bond acceptors (Lipinski definition) is 1. The first kappa shape index (κ1) is 23.2. The van der Waals surface area contributed by atoms with Gasteiger partial charge in [0.2, 0.25) is 0 Å². The fourth-order valence-corrected chi connectivity index (χ4v) is 1.46. The van der Waals surface area contributed by atoms with Crippen LogP contribution in [0.5, 0.6) is 0 Å². The van der Waals surface area contributed by atoms with Crippen molar-refractivity contribution in [1.82, 2.24) is 0 Å². The van der Waals surface area contributed by atoms with Crippen molar-refractivity contribution in [2.45, 2.75) is 33.6 Å². The van der Waals surface area contributed by atoms with Gasteiger partial charge in [0, 0.05) is 7.11 Å². The number of aliphatic hydroxyl groups excluding tert-OH is 1. The van der Waals surface area contributed by atoms with Gasteiger partial charge in [0.05, 0.1) is 0 Å². The Morgan fingerprint density at radius 1 is 1.19 bits per heavy atom. The number of allylic oxidation sites excluding steroid dienone is 4. The monoisotopic (exact) mass is 362 g/mol. The van der Waals surface area contributed by atoms with Crippen molar-refractivity contribution in [3.05, 3.63) is 65.6 Å². The van der Waals surface area contributed by atoms with E-state index in [-0.39, 0.29) is 0 Å². The molecular formula is C17H24Cl2OTi-2. The van der Waals surface area contributed by atoms with E-state index in [1.807, 2.05) is 12.1 Å². The van der Waals surface area contributed by atoms with Crippen LogP contribution in [0.2, 0.25) is 0 Å². The summed E-state index contributed by atoms with van der Waals surface area (Å²) in [6, 6.07) is 11.4. The Hall–Kier alpha value is -0.0457. The molecule has 0 heterocycles. The Morgan fingerprint density at radius 2 is 1.71 bits per heavy atom. The summed E-state index contributed by atoms with van der Waals surface area (Å²) in [5.74, 6) is 1.87. The number of halogens is 2. The summed E-state index contributed by atoms with van der Waals surface area (Å²) < 4.78 is 0. The van der Waals surface area contributed by atoms with Crippen LogP contribution in [0.15, 0.2) is 48.1 Å². The van der Waals surface area contributed by atoms with Gasteiger partial charge >= 0.3 is 35.6 Å². The van der Waals surface area contributed by atoms with E-state index in [0.717, 1.165) is 7.11 Å². The average molecular weight is 363 g/mol. The maximum absolute atomic E-state index is 7.00. The molecule has 0 radical (unpaired) electrons. The van der Waals surface area contributed by atoms with E-state index in [1.165, 1.54) is 17.1 Å². The van der Waals surface area contributed by atoms with Crippen LogP contribution in [0, 0.1) is 12.0 Å². The summed E-state index contributed by atoms with van der Waals surface area (Å²) in [6.45, 7) is 8.37. The van der Waals surface area contributed by atoms with Crippen LogP contribution in [0.25, 0.3) is 0 Å². The van der Waals surface area contributed by atoms with Crippen molar-refractivity contribution >= 4 is 18.6 Å². The van der Waals surface area contributed by atoms with E-state index < -0.39 is 17.0 Å². The zero-order chi connectivity index (χ0) is 16.7. The Kier molecular flexibility index (Phi) is 18.1. The van der Waals surface area contributed by atoms with Crippen LogP contribution in [0.4, 0.5) is 0 Å². The third-order valence-corrected chi connectivity index (χ3v) is 2.10. The van der Waals surface area contributed by atoms with Gasteiger partial charge in [-0.25, -0.2) is 0 Å². The molecule has 0 saturated heterocycles. The molecule has 1 aliphatic rings. The standard InChI is InChI=1S/C12H11.C4H9.CH4O.2ClH.Ti/c1-10-7-8-12(9-10)11-5-3-2-4-6-11;1-4(2)3;1-2;;;/h2-5,7-9,12H,1H3;1-3H3;2H,1H3;2*1H;/q2*-1;;;;+2/p-2. The molecule has 118 valence electrons. The van der Waals surface area contributed by atoms with E-state index in [9.17, 15) is 0 Å². The van der Waals surface area contributed by atoms with Gasteiger partial charge in [-0.15, -0.1) is 0 Å². The van der Waals surface area contributed by atoms with Crippen molar-refractivity contribution in [1.29, 1.82) is 0 Å². The second-order valence-electron chi connectivity index (χ2n) is 4.68. The molecule has 1 atom stereocenters. The van der Waals surface area contributed by atoms with Crippen LogP contribution in [0.3, 0.4) is 0 Å². The van der Waals surface area contributed by atoms with Crippen LogP contribution >= 0.6 is 18.6 Å². The number of hydrogen-bond donors (Lipinski definition) is 1. The molecule has 21 heavy (non-hydrogen) atoms. The first-order chi connectivity index (χ1) is 10.0. The van der Waals surface area contributed by atoms with Crippen molar-refractivity contribution in [2.75, 3.05) is 7.11 Å². The zero-order valence-corrected chi connectivity index (χ0v) is 16.4. The molecule has 1 nitrogen and oxygen atoms in total. The van der Waals surface area contributed by atoms with Crippen LogP contribution in [0.1, 0.15) is 39.2 Å². The van der Waals surface area contributed by atoms with E-state index in [1.54, 1.807) is 0 Å². The van der Waals surface area contributed by atoms with Crippen LogP contribution < -0.4 is 0 Å². The van der Waals surface area contributed by atoms with E-state index in [4.69, 9.17) is 23.7 Å². The SMILES string of the molecule is CC1=CC(c2[c-]cccc2)C=C1.CO.C[C-](C)C.[Cl][Ti][Cl]. The molecular weight excluding hydrogens is 339 g/mol. The molecule has 1 N–H and O–H groups in total. The first-order valence-electron chi connectivity index (χ1n) is 6.52. The maximum atomic E-state index is 7.00. The van der Waals surface area contributed by atoms with Crippen molar-refractivity contribution in [3.63, 3.8) is 0 Å². The summed E-state index contributed by atoms with van der Waals surface area (Å²) in [4.78, 5) is 0. The summed E-state index contributed by atoms with van der Waals surface area (Å²) in [7, 11) is 10.8. The second-order valence-corrected chi connectivity index (χ2v) is 7.26. The van der Waals surface area contributed by atoms with Crippen molar-refractivity contribution < 1.29 is 22.1 Å². The summed E-state index contributed by atoms with van der Waals surface area (Å²) in [5.41, 5.74) is 2.60. The molecule has 1 unspecified atom stereocenters. The fraction of sp³-hybridized carbons (Fsp3) is 0.353. The van der Waals surface area contributed by atoms with Crippen LogP contribution in [-0.4, -0.2) is 12.2 Å². The van der Waals surface area contributed by atoms with Gasteiger partial charge in [0.25, 0.3) is 0 Å². The number of rotatable bonds is 1. The van der Waals surface area contributed by atoms with Gasteiger partial charge in [-0.3, -0.25) is 0 Å². The first-order valence-corrected chi connectivity index (χ1v) is 10.8. The Morgan fingerprint density at radius 3 is 2.05 bits per heavy atom. The zero-order valence-electron chi connectivity index (χ0n) is 13.3. The third-order valence-electron chi connectivity index (χ3n) is 2.10. The summed E-state index contributed by atoms with van der Waals surface area (Å²) in [5, 5.41) is 7.00. The molecule has 0 saturated carbocycles. The Labute approximate surface area is 146 Å². The van der Waals surface area contributed by atoms with Gasteiger partial charge in [-0.05, 0) is 12.8 Å².